The number of benzene rings is 1. The fraction of sp³-hybridized carbons (Fsp3) is 0.333. The lowest BCUT2D eigenvalue weighted by molar-refractivity contribution is 0.197. The van der Waals surface area contributed by atoms with Crippen molar-refractivity contribution in [3.05, 3.63) is 62.4 Å². The van der Waals surface area contributed by atoms with Crippen molar-refractivity contribution < 1.29 is 0 Å². The molecule has 1 atom stereocenters. The van der Waals surface area contributed by atoms with Gasteiger partial charge in [-0.2, -0.15) is 5.10 Å². The van der Waals surface area contributed by atoms with Crippen LogP contribution in [0.5, 0.6) is 0 Å². The topological polar surface area (TPSA) is 33.4 Å². The average molecular weight is 440 g/mol. The van der Waals surface area contributed by atoms with Gasteiger partial charge in [-0.3, -0.25) is 4.90 Å². The van der Waals surface area contributed by atoms with Crippen LogP contribution in [0, 0.1) is 0 Å². The smallest absolute Gasteiger partial charge is 0.156 e. The molecule has 1 aliphatic rings. The summed E-state index contributed by atoms with van der Waals surface area (Å²) in [6, 6.07) is 9.91. The summed E-state index contributed by atoms with van der Waals surface area (Å²) in [4.78, 5) is 6.86. The number of hydrogen-bond donors (Lipinski definition) is 0. The minimum Gasteiger partial charge on any atom is -0.298 e. The molecule has 4 nitrogen and oxygen atoms in total. The van der Waals surface area contributed by atoms with E-state index >= 15 is 0 Å². The fourth-order valence-corrected chi connectivity index (χ4v) is 4.22. The van der Waals surface area contributed by atoms with Crippen molar-refractivity contribution in [1.29, 1.82) is 0 Å². The molecule has 1 saturated heterocycles. The molecule has 7 heteroatoms. The third-order valence-corrected chi connectivity index (χ3v) is 5.80. The van der Waals surface area contributed by atoms with Crippen LogP contribution in [0.4, 0.5) is 0 Å². The summed E-state index contributed by atoms with van der Waals surface area (Å²) in [5.41, 5.74) is 3.29. The molecule has 1 aromatic carbocycles. The molecule has 0 aliphatic carbocycles. The molecule has 0 amide bonds. The van der Waals surface area contributed by atoms with Gasteiger partial charge in [0.1, 0.15) is 4.60 Å². The Labute approximate surface area is 164 Å². The first-order chi connectivity index (χ1) is 12.1. The normalized spacial score (nSPS) is 18.8. The summed E-state index contributed by atoms with van der Waals surface area (Å²) in [6.45, 7) is 2.97. The van der Waals surface area contributed by atoms with Gasteiger partial charge in [-0.1, -0.05) is 29.3 Å². The van der Waals surface area contributed by atoms with Gasteiger partial charge in [0.25, 0.3) is 0 Å². The van der Waals surface area contributed by atoms with E-state index in [2.05, 4.69) is 37.0 Å². The number of likely N-dealkylation sites (tertiary alicyclic amines) is 1. The summed E-state index contributed by atoms with van der Waals surface area (Å²) in [6.07, 6.45) is 4.20. The molecule has 0 saturated carbocycles. The largest absolute Gasteiger partial charge is 0.298 e. The molecule has 25 heavy (non-hydrogen) atoms. The van der Waals surface area contributed by atoms with Crippen LogP contribution in [0.3, 0.4) is 0 Å². The highest BCUT2D eigenvalue weighted by Crippen LogP contribution is 2.29. The number of fused-ring (bicyclic) bond motifs is 1. The van der Waals surface area contributed by atoms with Crippen molar-refractivity contribution in [1.82, 2.24) is 19.5 Å². The van der Waals surface area contributed by atoms with Gasteiger partial charge >= 0.3 is 0 Å². The van der Waals surface area contributed by atoms with E-state index in [-0.39, 0.29) is 0 Å². The van der Waals surface area contributed by atoms with Gasteiger partial charge in [0, 0.05) is 31.3 Å². The molecule has 0 spiro atoms. The van der Waals surface area contributed by atoms with Crippen LogP contribution >= 0.6 is 39.1 Å². The molecule has 4 rings (SSSR count). The lowest BCUT2D eigenvalue weighted by atomic mass is 9.94. The van der Waals surface area contributed by atoms with Crippen molar-refractivity contribution >= 4 is 44.8 Å². The number of rotatable bonds is 3. The Hall–Kier alpha value is -1.14. The van der Waals surface area contributed by atoms with E-state index in [1.54, 1.807) is 0 Å². The second-order valence-electron chi connectivity index (χ2n) is 6.43. The molecular weight excluding hydrogens is 423 g/mol. The van der Waals surface area contributed by atoms with E-state index in [4.69, 9.17) is 23.2 Å². The Morgan fingerprint density at radius 3 is 2.88 bits per heavy atom. The highest BCUT2D eigenvalue weighted by molar-refractivity contribution is 9.10. The maximum Gasteiger partial charge on any atom is 0.156 e. The molecule has 0 bridgehead atoms. The Morgan fingerprint density at radius 2 is 2.04 bits per heavy atom. The number of hydrogen-bond acceptors (Lipinski definition) is 3. The monoisotopic (exact) mass is 438 g/mol. The third kappa shape index (κ3) is 3.70. The molecule has 1 aliphatic heterocycles. The zero-order chi connectivity index (χ0) is 17.4. The van der Waals surface area contributed by atoms with E-state index in [0.717, 1.165) is 42.7 Å². The second kappa shape index (κ2) is 7.23. The van der Waals surface area contributed by atoms with Crippen LogP contribution in [-0.4, -0.2) is 32.6 Å². The predicted molar refractivity (Wildman–Crippen MR) is 104 cm³/mol. The fourth-order valence-electron chi connectivity index (χ4n) is 3.53. The average Bonchev–Trinajstić information content (AvgIpc) is 2.98. The summed E-state index contributed by atoms with van der Waals surface area (Å²) >= 11 is 15.6. The molecule has 1 unspecified atom stereocenters. The molecule has 130 valence electrons. The molecule has 0 radical (unpaired) electrons. The zero-order valence-electron chi connectivity index (χ0n) is 13.5. The van der Waals surface area contributed by atoms with E-state index in [1.165, 1.54) is 11.3 Å². The molecule has 1 fully saturated rings. The zero-order valence-corrected chi connectivity index (χ0v) is 16.6. The molecule has 2 aromatic heterocycles. The van der Waals surface area contributed by atoms with Crippen molar-refractivity contribution in [3.63, 3.8) is 0 Å². The summed E-state index contributed by atoms with van der Waals surface area (Å²) in [7, 11) is 0. The van der Waals surface area contributed by atoms with Gasteiger partial charge < -0.3 is 0 Å². The highest BCUT2D eigenvalue weighted by Gasteiger charge is 2.24. The number of nitrogens with zero attached hydrogens (tertiary/aromatic N) is 4. The number of halogens is 3. The minimum atomic E-state index is 0.439. The predicted octanol–water partition coefficient (Wildman–Crippen LogP) is 5.18. The van der Waals surface area contributed by atoms with Crippen molar-refractivity contribution in [2.24, 2.45) is 0 Å². The van der Waals surface area contributed by atoms with Crippen LogP contribution in [0.2, 0.25) is 10.0 Å². The Kier molecular flexibility index (Phi) is 5.00. The van der Waals surface area contributed by atoms with Crippen LogP contribution in [0.1, 0.15) is 30.0 Å². The van der Waals surface area contributed by atoms with Crippen molar-refractivity contribution in [3.8, 4) is 0 Å². The Bertz CT molecular complexity index is 911. The highest BCUT2D eigenvalue weighted by atomic mass is 79.9. The molecule has 3 aromatic rings. The van der Waals surface area contributed by atoms with Gasteiger partial charge in [0.05, 0.1) is 15.7 Å². The standard InChI is InChI=1S/C18H17BrCl2N4/c19-17-9-18-22-6-5-16(25(18)23-17)13-2-1-7-24(11-13)10-12-3-4-14(20)15(21)8-12/h3-6,8-9,13H,1-2,7,10-11H2. The first kappa shape index (κ1) is 17.3. The summed E-state index contributed by atoms with van der Waals surface area (Å²) in [5.74, 6) is 0.439. The van der Waals surface area contributed by atoms with Crippen LogP contribution < -0.4 is 0 Å². The molecule has 3 heterocycles. The first-order valence-corrected chi connectivity index (χ1v) is 9.81. The van der Waals surface area contributed by atoms with E-state index in [1.807, 2.05) is 35.0 Å². The SMILES string of the molecule is Clc1ccc(CN2CCCC(c3ccnc4cc(Br)nn34)C2)cc1Cl. The quantitative estimate of drug-likeness (QED) is 0.563. The number of aromatic nitrogens is 3. The van der Waals surface area contributed by atoms with Gasteiger partial charge in [-0.05, 0) is 59.1 Å². The van der Waals surface area contributed by atoms with Crippen LogP contribution in [0.25, 0.3) is 5.65 Å². The maximum absolute atomic E-state index is 6.15. The van der Waals surface area contributed by atoms with Gasteiger partial charge in [-0.25, -0.2) is 9.50 Å². The summed E-state index contributed by atoms with van der Waals surface area (Å²) in [5, 5.41) is 5.76. The lowest BCUT2D eigenvalue weighted by Gasteiger charge is -2.33. The van der Waals surface area contributed by atoms with E-state index in [0.29, 0.717) is 16.0 Å². The van der Waals surface area contributed by atoms with E-state index < -0.39 is 0 Å². The van der Waals surface area contributed by atoms with Crippen LogP contribution in [-0.2, 0) is 6.54 Å². The Balaban J connectivity index is 1.55. The van der Waals surface area contributed by atoms with Gasteiger partial charge in [-0.15, -0.1) is 0 Å². The third-order valence-electron chi connectivity index (χ3n) is 4.67. The summed E-state index contributed by atoms with van der Waals surface area (Å²) < 4.78 is 2.77. The number of piperidine rings is 1. The Morgan fingerprint density at radius 1 is 1.16 bits per heavy atom. The lowest BCUT2D eigenvalue weighted by Crippen LogP contribution is -2.34. The first-order valence-electron chi connectivity index (χ1n) is 8.26. The van der Waals surface area contributed by atoms with Crippen molar-refractivity contribution in [2.45, 2.75) is 25.3 Å². The van der Waals surface area contributed by atoms with Gasteiger partial charge in [0.2, 0.25) is 0 Å². The maximum atomic E-state index is 6.15. The van der Waals surface area contributed by atoms with E-state index in [9.17, 15) is 0 Å². The molecule has 0 N–H and O–H groups in total. The second-order valence-corrected chi connectivity index (χ2v) is 8.06. The van der Waals surface area contributed by atoms with Crippen LogP contribution in [0.15, 0.2) is 41.1 Å². The minimum absolute atomic E-state index is 0.439. The van der Waals surface area contributed by atoms with Gasteiger partial charge in [0.15, 0.2) is 5.65 Å². The van der Waals surface area contributed by atoms with Crippen molar-refractivity contribution in [2.75, 3.05) is 13.1 Å². The molecular formula is C18H17BrCl2N4.